The van der Waals surface area contributed by atoms with Crippen molar-refractivity contribution in [2.24, 2.45) is 5.41 Å². The number of pyridine rings is 1. The molecule has 0 saturated carbocycles. The Balaban J connectivity index is 1.45. The van der Waals surface area contributed by atoms with Crippen LogP contribution in [0.4, 0.5) is 0 Å². The molecule has 0 bridgehead atoms. The van der Waals surface area contributed by atoms with Gasteiger partial charge in [0.25, 0.3) is 0 Å². The lowest BCUT2D eigenvalue weighted by molar-refractivity contribution is -0.145. The van der Waals surface area contributed by atoms with Gasteiger partial charge < -0.3 is 14.8 Å². The van der Waals surface area contributed by atoms with Gasteiger partial charge in [0.2, 0.25) is 5.91 Å². The first-order valence-electron chi connectivity index (χ1n) is 12.3. The van der Waals surface area contributed by atoms with Crippen LogP contribution < -0.4 is 10.4 Å². The molecule has 206 valence electrons. The molecule has 0 aliphatic carbocycles. The van der Waals surface area contributed by atoms with E-state index in [-0.39, 0.29) is 32.8 Å². The zero-order valence-electron chi connectivity index (χ0n) is 21.8. The highest BCUT2D eigenvalue weighted by atomic mass is 31.2. The van der Waals surface area contributed by atoms with Gasteiger partial charge in [-0.3, -0.25) is 28.4 Å². The van der Waals surface area contributed by atoms with E-state index in [1.807, 2.05) is 30.3 Å². The Morgan fingerprint density at radius 3 is 2.53 bits per heavy atom. The second-order valence-corrected chi connectivity index (χ2v) is 11.3. The van der Waals surface area contributed by atoms with Crippen molar-refractivity contribution >= 4 is 25.6 Å². The van der Waals surface area contributed by atoms with E-state index < -0.39 is 43.2 Å². The van der Waals surface area contributed by atoms with Crippen LogP contribution in [-0.4, -0.2) is 54.7 Å². The van der Waals surface area contributed by atoms with Gasteiger partial charge in [0.05, 0.1) is 19.6 Å². The Kier molecular flexibility index (Phi) is 10.6. The quantitative estimate of drug-likeness (QED) is 0.301. The Bertz CT molecular complexity index is 1130. The van der Waals surface area contributed by atoms with E-state index >= 15 is 0 Å². The fourth-order valence-corrected chi connectivity index (χ4v) is 5.47. The number of hydrogen-bond donors (Lipinski definition) is 2. The highest BCUT2D eigenvalue weighted by molar-refractivity contribution is 7.51. The molecular formula is C26H34N3O8P. The number of aromatic nitrogens is 1. The maximum Gasteiger partial charge on any atom is 0.407 e. The van der Waals surface area contributed by atoms with Crippen molar-refractivity contribution in [1.82, 2.24) is 15.4 Å². The first kappa shape index (κ1) is 29.4. The van der Waals surface area contributed by atoms with Gasteiger partial charge in [-0.25, -0.2) is 9.65 Å². The molecule has 1 aromatic heterocycles. The van der Waals surface area contributed by atoms with Crippen molar-refractivity contribution in [2.45, 2.75) is 52.4 Å². The fourth-order valence-electron chi connectivity index (χ4n) is 3.53. The van der Waals surface area contributed by atoms with Crippen LogP contribution in [0.1, 0.15) is 38.3 Å². The molecule has 0 spiro atoms. The Morgan fingerprint density at radius 2 is 1.82 bits per heavy atom. The van der Waals surface area contributed by atoms with E-state index in [0.29, 0.717) is 6.42 Å². The maximum atomic E-state index is 13.2. The Hall–Kier alpha value is -3.11. The molecule has 2 heterocycles. The Labute approximate surface area is 222 Å². The molecule has 1 fully saturated rings. The van der Waals surface area contributed by atoms with E-state index in [0.717, 1.165) is 11.1 Å². The molecular weight excluding hydrogens is 513 g/mol. The summed E-state index contributed by atoms with van der Waals surface area (Å²) >= 11 is 0. The molecule has 1 aromatic carbocycles. The van der Waals surface area contributed by atoms with Crippen molar-refractivity contribution in [3.63, 3.8) is 0 Å². The van der Waals surface area contributed by atoms with E-state index in [1.54, 1.807) is 38.4 Å². The van der Waals surface area contributed by atoms with Crippen LogP contribution in [0.15, 0.2) is 54.9 Å². The number of amides is 1. The zero-order valence-corrected chi connectivity index (χ0v) is 22.6. The molecule has 0 radical (unpaired) electrons. The summed E-state index contributed by atoms with van der Waals surface area (Å²) in [6.45, 7) is 5.14. The third-order valence-corrected chi connectivity index (χ3v) is 7.42. The average molecular weight is 548 g/mol. The van der Waals surface area contributed by atoms with Gasteiger partial charge in [-0.1, -0.05) is 44.2 Å². The lowest BCUT2D eigenvalue weighted by atomic mass is 9.87. The molecule has 1 amide bonds. The highest BCUT2D eigenvalue weighted by Gasteiger charge is 2.49. The van der Waals surface area contributed by atoms with Crippen LogP contribution in [0.2, 0.25) is 0 Å². The lowest BCUT2D eigenvalue weighted by Crippen LogP contribution is -2.51. The van der Waals surface area contributed by atoms with Crippen molar-refractivity contribution in [1.29, 1.82) is 0 Å². The van der Waals surface area contributed by atoms with Gasteiger partial charge in [-0.15, -0.1) is 0 Å². The number of rotatable bonds is 12. The second-order valence-electron chi connectivity index (χ2n) is 9.56. The first-order valence-corrected chi connectivity index (χ1v) is 13.9. The number of carbonyl (C=O) groups is 3. The predicted octanol–water partition coefficient (Wildman–Crippen LogP) is 2.94. The lowest BCUT2D eigenvalue weighted by Gasteiger charge is -2.40. The SMILES string of the molecule is C[C@H](NP1(=O)OCC(C)(C)[C@H](C(=O)NCCC(=O)OCc2ccncc2)O1)C(=O)OCCc1ccccc1. The van der Waals surface area contributed by atoms with Crippen molar-refractivity contribution in [2.75, 3.05) is 19.8 Å². The smallest absolute Gasteiger partial charge is 0.407 e. The monoisotopic (exact) mass is 547 g/mol. The van der Waals surface area contributed by atoms with Gasteiger partial charge in [-0.05, 0) is 30.2 Å². The van der Waals surface area contributed by atoms with Crippen molar-refractivity contribution in [3.05, 3.63) is 66.0 Å². The molecule has 1 unspecified atom stereocenters. The van der Waals surface area contributed by atoms with Crippen LogP contribution in [0.25, 0.3) is 0 Å². The number of nitrogens with zero attached hydrogens (tertiary/aromatic N) is 1. The minimum atomic E-state index is -4.01. The summed E-state index contributed by atoms with van der Waals surface area (Å²) in [7, 11) is -4.01. The van der Waals surface area contributed by atoms with Gasteiger partial charge in [0.1, 0.15) is 12.6 Å². The highest BCUT2D eigenvalue weighted by Crippen LogP contribution is 2.53. The van der Waals surface area contributed by atoms with Crippen LogP contribution in [0, 0.1) is 5.41 Å². The molecule has 1 saturated heterocycles. The summed E-state index contributed by atoms with van der Waals surface area (Å²) < 4.78 is 34.7. The normalized spacial score (nSPS) is 21.2. The number of hydrogen-bond acceptors (Lipinski definition) is 9. The minimum absolute atomic E-state index is 0.00663. The van der Waals surface area contributed by atoms with Gasteiger partial charge in [-0.2, -0.15) is 0 Å². The third kappa shape index (κ3) is 9.02. The summed E-state index contributed by atoms with van der Waals surface area (Å²) in [6.07, 6.45) is 2.54. The minimum Gasteiger partial charge on any atom is -0.464 e. The summed E-state index contributed by atoms with van der Waals surface area (Å²) in [5.74, 6) is -1.67. The summed E-state index contributed by atoms with van der Waals surface area (Å²) in [4.78, 5) is 41.2. The van der Waals surface area contributed by atoms with Crippen LogP contribution in [-0.2, 0) is 50.5 Å². The molecule has 2 aromatic rings. The summed E-state index contributed by atoms with van der Waals surface area (Å²) in [5, 5.41) is 5.17. The number of nitrogens with one attached hydrogen (secondary N) is 2. The molecule has 3 atom stereocenters. The van der Waals surface area contributed by atoms with Crippen LogP contribution in [0.3, 0.4) is 0 Å². The number of carbonyl (C=O) groups excluding carboxylic acids is 3. The predicted molar refractivity (Wildman–Crippen MR) is 138 cm³/mol. The molecule has 12 heteroatoms. The molecule has 2 N–H and O–H groups in total. The maximum absolute atomic E-state index is 13.2. The average Bonchev–Trinajstić information content (AvgIpc) is 2.90. The molecule has 38 heavy (non-hydrogen) atoms. The Morgan fingerprint density at radius 1 is 1.11 bits per heavy atom. The summed E-state index contributed by atoms with van der Waals surface area (Å²) in [5.41, 5.74) is 0.999. The third-order valence-electron chi connectivity index (χ3n) is 5.76. The second kappa shape index (κ2) is 13.6. The van der Waals surface area contributed by atoms with Crippen molar-refractivity contribution in [3.8, 4) is 0 Å². The molecule has 1 aliphatic heterocycles. The topological polar surface area (TPSA) is 142 Å². The van der Waals surface area contributed by atoms with Gasteiger partial charge in [0.15, 0.2) is 6.10 Å². The number of benzene rings is 1. The standard InChI is InChI=1S/C26H34N3O8P/c1-19(25(32)34-16-12-20-7-5-4-6-8-20)29-38(33)36-18-26(2,3)23(37-38)24(31)28-15-11-22(30)35-17-21-9-13-27-14-10-21/h4-10,13-14,19,23H,11-12,15-18H2,1-3H3,(H,28,31)(H,29,33)/t19-,23-,38?/m0/s1. The molecule has 1 aliphatic rings. The largest absolute Gasteiger partial charge is 0.464 e. The first-order chi connectivity index (χ1) is 18.1. The van der Waals surface area contributed by atoms with Crippen LogP contribution >= 0.6 is 7.75 Å². The van der Waals surface area contributed by atoms with Gasteiger partial charge in [0, 0.05) is 30.8 Å². The van der Waals surface area contributed by atoms with Crippen LogP contribution in [0.5, 0.6) is 0 Å². The number of esters is 2. The van der Waals surface area contributed by atoms with E-state index in [4.69, 9.17) is 18.5 Å². The van der Waals surface area contributed by atoms with E-state index in [2.05, 4.69) is 15.4 Å². The van der Waals surface area contributed by atoms with E-state index in [1.165, 1.54) is 6.92 Å². The molecule has 3 rings (SSSR count). The molecule has 11 nitrogen and oxygen atoms in total. The summed E-state index contributed by atoms with van der Waals surface area (Å²) in [6, 6.07) is 12.0. The van der Waals surface area contributed by atoms with Crippen molar-refractivity contribution < 1.29 is 37.5 Å². The number of ether oxygens (including phenoxy) is 2. The van der Waals surface area contributed by atoms with E-state index in [9.17, 15) is 18.9 Å². The van der Waals surface area contributed by atoms with Gasteiger partial charge >= 0.3 is 19.7 Å². The zero-order chi connectivity index (χ0) is 27.6. The fraction of sp³-hybridized carbons (Fsp3) is 0.462.